The minimum atomic E-state index is -0.576. The number of aromatic nitrogens is 1. The number of anilines is 1. The number of hydrazone groups is 1. The number of hydrogen-bond acceptors (Lipinski definition) is 7. The molecule has 3 amide bonds. The Bertz CT molecular complexity index is 1410. The SMILES string of the molecule is CC(=O)NC[C@H]1CN(c2ccc(-c3ccc(C=NN4CCN(C(=O)c5ccncc5)CC4)cc3)c(F)c2)C(=O)O1. The lowest BCUT2D eigenvalue weighted by molar-refractivity contribution is -0.119. The molecule has 10 nitrogen and oxygen atoms in total. The normalized spacial score (nSPS) is 17.3. The molecule has 1 aromatic heterocycles. The summed E-state index contributed by atoms with van der Waals surface area (Å²) < 4.78 is 20.3. The summed E-state index contributed by atoms with van der Waals surface area (Å²) in [6, 6.07) is 15.4. The molecule has 3 aromatic rings. The Morgan fingerprint density at radius 2 is 1.80 bits per heavy atom. The van der Waals surface area contributed by atoms with Crippen molar-refractivity contribution in [3.63, 3.8) is 0 Å². The van der Waals surface area contributed by atoms with Crippen molar-refractivity contribution in [1.29, 1.82) is 0 Å². The fourth-order valence-electron chi connectivity index (χ4n) is 4.59. The van der Waals surface area contributed by atoms with Gasteiger partial charge in [0.25, 0.3) is 5.91 Å². The fourth-order valence-corrected chi connectivity index (χ4v) is 4.59. The molecule has 2 aromatic carbocycles. The molecule has 40 heavy (non-hydrogen) atoms. The molecule has 0 unspecified atom stereocenters. The largest absolute Gasteiger partial charge is 0.442 e. The van der Waals surface area contributed by atoms with Crippen molar-refractivity contribution in [2.24, 2.45) is 5.10 Å². The third kappa shape index (κ3) is 6.25. The number of benzene rings is 2. The maximum Gasteiger partial charge on any atom is 0.414 e. The van der Waals surface area contributed by atoms with E-state index in [0.29, 0.717) is 48.6 Å². The number of pyridine rings is 1. The van der Waals surface area contributed by atoms with Gasteiger partial charge < -0.3 is 15.0 Å². The Morgan fingerprint density at radius 1 is 1.07 bits per heavy atom. The fraction of sp³-hybridized carbons (Fsp3) is 0.276. The van der Waals surface area contributed by atoms with Crippen molar-refractivity contribution in [3.05, 3.63) is 83.9 Å². The first kappa shape index (κ1) is 26.8. The highest BCUT2D eigenvalue weighted by Gasteiger charge is 2.32. The lowest BCUT2D eigenvalue weighted by Gasteiger charge is -2.33. The molecule has 0 aliphatic carbocycles. The van der Waals surface area contributed by atoms with Gasteiger partial charge in [0.1, 0.15) is 11.9 Å². The maximum atomic E-state index is 15.1. The number of carbonyl (C=O) groups is 3. The summed E-state index contributed by atoms with van der Waals surface area (Å²) in [6.45, 7) is 4.23. The quantitative estimate of drug-likeness (QED) is 0.458. The number of piperazine rings is 1. The van der Waals surface area contributed by atoms with Crippen LogP contribution in [0.1, 0.15) is 22.8 Å². The molecule has 0 radical (unpaired) electrons. The van der Waals surface area contributed by atoms with Crippen LogP contribution in [0.4, 0.5) is 14.9 Å². The number of rotatable bonds is 7. The van der Waals surface area contributed by atoms with Gasteiger partial charge in [-0.15, -0.1) is 0 Å². The van der Waals surface area contributed by atoms with E-state index >= 15 is 4.39 Å². The summed E-state index contributed by atoms with van der Waals surface area (Å²) in [5.74, 6) is -0.680. The average molecular weight is 545 g/mol. The highest BCUT2D eigenvalue weighted by molar-refractivity contribution is 5.94. The Kier molecular flexibility index (Phi) is 7.99. The van der Waals surface area contributed by atoms with Gasteiger partial charge in [-0.1, -0.05) is 24.3 Å². The van der Waals surface area contributed by atoms with Crippen molar-refractivity contribution < 1.29 is 23.5 Å². The third-order valence-corrected chi connectivity index (χ3v) is 6.78. The molecule has 0 saturated carbocycles. The van der Waals surface area contributed by atoms with E-state index in [1.54, 1.807) is 42.9 Å². The minimum Gasteiger partial charge on any atom is -0.442 e. The number of cyclic esters (lactones) is 1. The molecule has 206 valence electrons. The van der Waals surface area contributed by atoms with Crippen LogP contribution < -0.4 is 10.2 Å². The smallest absolute Gasteiger partial charge is 0.414 e. The highest BCUT2D eigenvalue weighted by atomic mass is 19.1. The molecule has 1 atom stereocenters. The first-order chi connectivity index (χ1) is 19.4. The van der Waals surface area contributed by atoms with Crippen molar-refractivity contribution in [2.45, 2.75) is 13.0 Å². The van der Waals surface area contributed by atoms with Crippen molar-refractivity contribution in [3.8, 4) is 11.1 Å². The number of nitrogens with one attached hydrogen (secondary N) is 1. The molecule has 1 N–H and O–H groups in total. The molecule has 2 saturated heterocycles. The lowest BCUT2D eigenvalue weighted by Crippen LogP contribution is -2.46. The standard InChI is InChI=1S/C29H29FN6O4/c1-20(37)32-18-25-19-36(29(39)40-25)24-6-7-26(27(30)16-24)22-4-2-21(3-5-22)17-33-35-14-12-34(13-15-35)28(38)23-8-10-31-11-9-23/h2-11,16-17,25H,12-15,18-19H2,1H3,(H,32,37)/t25-/m0/s1. The van der Waals surface area contributed by atoms with Gasteiger partial charge in [0.15, 0.2) is 0 Å². The lowest BCUT2D eigenvalue weighted by atomic mass is 10.0. The number of carbonyl (C=O) groups excluding carboxylic acids is 3. The van der Waals surface area contributed by atoms with Crippen LogP contribution in [0.25, 0.3) is 11.1 Å². The van der Waals surface area contributed by atoms with Crippen molar-refractivity contribution in [2.75, 3.05) is 44.2 Å². The zero-order valence-corrected chi connectivity index (χ0v) is 22.0. The van der Waals surface area contributed by atoms with Crippen LogP contribution in [0.5, 0.6) is 0 Å². The molecular weight excluding hydrogens is 515 g/mol. The van der Waals surface area contributed by atoms with Crippen LogP contribution in [0.15, 0.2) is 72.1 Å². The van der Waals surface area contributed by atoms with E-state index in [1.807, 2.05) is 34.2 Å². The van der Waals surface area contributed by atoms with Crippen LogP contribution in [0.2, 0.25) is 0 Å². The number of halogens is 1. The van der Waals surface area contributed by atoms with Gasteiger partial charge in [-0.25, -0.2) is 9.18 Å². The molecule has 3 heterocycles. The molecule has 0 bridgehead atoms. The molecular formula is C29H29FN6O4. The molecule has 5 rings (SSSR count). The summed E-state index contributed by atoms with van der Waals surface area (Å²) in [4.78, 5) is 43.1. The van der Waals surface area contributed by atoms with Crippen LogP contribution in [-0.4, -0.2) is 84.4 Å². The molecule has 2 aliphatic rings. The van der Waals surface area contributed by atoms with Gasteiger partial charge >= 0.3 is 6.09 Å². The van der Waals surface area contributed by atoms with Gasteiger partial charge in [-0.3, -0.25) is 24.5 Å². The minimum absolute atomic E-state index is 0.00611. The Hall–Kier alpha value is -4.80. The van der Waals surface area contributed by atoms with Crippen molar-refractivity contribution in [1.82, 2.24) is 20.2 Å². The second kappa shape index (κ2) is 11.9. The summed E-state index contributed by atoms with van der Waals surface area (Å²) in [5.41, 5.74) is 2.98. The highest BCUT2D eigenvalue weighted by Crippen LogP contribution is 2.29. The van der Waals surface area contributed by atoms with Gasteiger partial charge in [0.2, 0.25) is 5.91 Å². The number of amides is 3. The van der Waals surface area contributed by atoms with E-state index in [2.05, 4.69) is 15.4 Å². The summed E-state index contributed by atoms with van der Waals surface area (Å²) in [7, 11) is 0. The van der Waals surface area contributed by atoms with E-state index in [1.165, 1.54) is 17.9 Å². The van der Waals surface area contributed by atoms with E-state index in [-0.39, 0.29) is 24.9 Å². The summed E-state index contributed by atoms with van der Waals surface area (Å²) in [5, 5.41) is 9.09. The van der Waals surface area contributed by atoms with Gasteiger partial charge in [0, 0.05) is 43.5 Å². The van der Waals surface area contributed by atoms with Gasteiger partial charge in [0.05, 0.1) is 38.1 Å². The molecule has 0 spiro atoms. The van der Waals surface area contributed by atoms with Gasteiger partial charge in [-0.2, -0.15) is 5.10 Å². The molecule has 11 heteroatoms. The Morgan fingerprint density at radius 3 is 2.48 bits per heavy atom. The second-order valence-electron chi connectivity index (χ2n) is 9.57. The van der Waals surface area contributed by atoms with E-state index in [9.17, 15) is 14.4 Å². The molecule has 2 fully saturated rings. The average Bonchev–Trinajstić information content (AvgIpc) is 3.36. The second-order valence-corrected chi connectivity index (χ2v) is 9.57. The van der Waals surface area contributed by atoms with Crippen LogP contribution >= 0.6 is 0 Å². The Labute approximate surface area is 231 Å². The van der Waals surface area contributed by atoms with Crippen molar-refractivity contribution >= 4 is 29.8 Å². The maximum absolute atomic E-state index is 15.1. The number of ether oxygens (including phenoxy) is 1. The monoisotopic (exact) mass is 544 g/mol. The predicted molar refractivity (Wildman–Crippen MR) is 147 cm³/mol. The summed E-state index contributed by atoms with van der Waals surface area (Å²) >= 11 is 0. The number of hydrogen-bond donors (Lipinski definition) is 1. The Balaban J connectivity index is 1.16. The zero-order chi connectivity index (χ0) is 28.1. The molecule has 2 aliphatic heterocycles. The van der Waals surface area contributed by atoms with Gasteiger partial charge in [-0.05, 0) is 41.5 Å². The van der Waals surface area contributed by atoms with E-state index in [0.717, 1.165) is 5.56 Å². The number of nitrogens with zero attached hydrogens (tertiary/aromatic N) is 5. The first-order valence-electron chi connectivity index (χ1n) is 13.0. The van der Waals surface area contributed by atoms with E-state index < -0.39 is 18.0 Å². The topological polar surface area (TPSA) is 107 Å². The first-order valence-corrected chi connectivity index (χ1v) is 13.0. The van der Waals surface area contributed by atoms with Crippen LogP contribution in [-0.2, 0) is 9.53 Å². The third-order valence-electron chi connectivity index (χ3n) is 6.78. The zero-order valence-electron chi connectivity index (χ0n) is 22.0. The predicted octanol–water partition coefficient (Wildman–Crippen LogP) is 3.14. The van der Waals surface area contributed by atoms with E-state index in [4.69, 9.17) is 4.74 Å². The van der Waals surface area contributed by atoms with Crippen LogP contribution in [0.3, 0.4) is 0 Å². The van der Waals surface area contributed by atoms with Crippen LogP contribution in [0, 0.1) is 5.82 Å². The summed E-state index contributed by atoms with van der Waals surface area (Å²) in [6.07, 6.45) is 3.91.